The van der Waals surface area contributed by atoms with Gasteiger partial charge in [0.2, 0.25) is 0 Å². The molecule has 1 aliphatic carbocycles. The summed E-state index contributed by atoms with van der Waals surface area (Å²) >= 11 is 0. The van der Waals surface area contributed by atoms with Crippen molar-refractivity contribution in [2.24, 2.45) is 11.3 Å². The first kappa shape index (κ1) is 10.4. The Morgan fingerprint density at radius 2 is 2.08 bits per heavy atom. The van der Waals surface area contributed by atoms with E-state index in [0.717, 1.165) is 12.8 Å². The smallest absolute Gasteiger partial charge is 0.0931 e. The monoisotopic (exact) mass is 180 g/mol. The number of aliphatic hydroxyl groups is 1. The molecule has 1 unspecified atom stereocenters. The lowest BCUT2D eigenvalue weighted by Gasteiger charge is -2.22. The molecule has 0 aliphatic heterocycles. The molecule has 1 N–H and O–H groups in total. The van der Waals surface area contributed by atoms with Crippen LogP contribution in [0.2, 0.25) is 0 Å². The van der Waals surface area contributed by atoms with Crippen molar-refractivity contribution in [3.63, 3.8) is 0 Å². The summed E-state index contributed by atoms with van der Waals surface area (Å²) in [5.41, 5.74) is 1.59. The minimum atomic E-state index is 0.305. The second-order valence-electron chi connectivity index (χ2n) is 5.30. The number of aliphatic hydroxyl groups excluding tert-OH is 1. The second-order valence-corrected chi connectivity index (χ2v) is 5.30. The summed E-state index contributed by atoms with van der Waals surface area (Å²) < 4.78 is 0. The highest BCUT2D eigenvalue weighted by Gasteiger charge is 2.16. The topological polar surface area (TPSA) is 20.2 Å². The number of hydrogen-bond acceptors (Lipinski definition) is 1. The molecule has 1 rings (SSSR count). The van der Waals surface area contributed by atoms with Crippen molar-refractivity contribution in [2.45, 2.75) is 40.5 Å². The largest absolute Gasteiger partial charge is 0.512 e. The third-order valence-electron chi connectivity index (χ3n) is 2.12. The Morgan fingerprint density at radius 1 is 1.46 bits per heavy atom. The molecule has 0 aromatic rings. The van der Waals surface area contributed by atoms with E-state index >= 15 is 0 Å². The first-order valence-electron chi connectivity index (χ1n) is 4.97. The maximum Gasteiger partial charge on any atom is 0.0931 e. The van der Waals surface area contributed by atoms with E-state index in [9.17, 15) is 5.11 Å². The summed E-state index contributed by atoms with van der Waals surface area (Å²) in [6.07, 6.45) is 6.03. The molecule has 0 fully saturated rings. The van der Waals surface area contributed by atoms with Crippen molar-refractivity contribution >= 4 is 0 Å². The molecule has 74 valence electrons. The van der Waals surface area contributed by atoms with Crippen LogP contribution in [0.4, 0.5) is 0 Å². The third-order valence-corrected chi connectivity index (χ3v) is 2.12. The lowest BCUT2D eigenvalue weighted by molar-refractivity contribution is 0.360. The molecule has 0 heterocycles. The van der Waals surface area contributed by atoms with Crippen molar-refractivity contribution < 1.29 is 5.11 Å². The molecular weight excluding hydrogens is 160 g/mol. The molecule has 0 bridgehead atoms. The molecule has 1 nitrogen and oxygen atoms in total. The van der Waals surface area contributed by atoms with Crippen LogP contribution in [0.25, 0.3) is 0 Å². The normalized spacial score (nSPS) is 23.8. The van der Waals surface area contributed by atoms with Gasteiger partial charge in [0.25, 0.3) is 0 Å². The molecule has 0 aromatic carbocycles. The molecule has 0 aromatic heterocycles. The zero-order valence-electron chi connectivity index (χ0n) is 9.09. The summed E-state index contributed by atoms with van der Waals surface area (Å²) in [4.78, 5) is 0. The van der Waals surface area contributed by atoms with E-state index in [1.807, 2.05) is 6.08 Å². The van der Waals surface area contributed by atoms with Gasteiger partial charge in [-0.25, -0.2) is 0 Å². The van der Waals surface area contributed by atoms with Gasteiger partial charge in [-0.15, -0.1) is 0 Å². The van der Waals surface area contributed by atoms with Crippen LogP contribution in [0, 0.1) is 11.3 Å². The van der Waals surface area contributed by atoms with E-state index in [1.54, 1.807) is 0 Å². The lowest BCUT2D eigenvalue weighted by atomic mass is 9.84. The number of allylic oxidation sites excluding steroid dienone is 4. The molecule has 0 amide bonds. The van der Waals surface area contributed by atoms with Gasteiger partial charge in [-0.3, -0.25) is 0 Å². The Hall–Kier alpha value is -0.720. The fourth-order valence-corrected chi connectivity index (χ4v) is 1.80. The van der Waals surface area contributed by atoms with E-state index < -0.39 is 0 Å². The average Bonchev–Trinajstić information content (AvgIpc) is 1.78. The van der Waals surface area contributed by atoms with Crippen LogP contribution in [0.1, 0.15) is 40.5 Å². The van der Waals surface area contributed by atoms with E-state index in [1.165, 1.54) is 5.57 Å². The summed E-state index contributed by atoms with van der Waals surface area (Å²) in [5, 5.41) is 9.47. The van der Waals surface area contributed by atoms with E-state index in [4.69, 9.17) is 0 Å². The van der Waals surface area contributed by atoms with Gasteiger partial charge in [-0.2, -0.15) is 0 Å². The standard InChI is InChI=1S/C12H20O/c1-9-5-10(7-11(13)6-9)8-12(2,3)4/h5,7,9,13H,6,8H2,1-4H3. The lowest BCUT2D eigenvalue weighted by Crippen LogP contribution is -2.09. The zero-order chi connectivity index (χ0) is 10.1. The van der Waals surface area contributed by atoms with Crippen LogP contribution in [0.15, 0.2) is 23.5 Å². The fourth-order valence-electron chi connectivity index (χ4n) is 1.80. The van der Waals surface area contributed by atoms with Gasteiger partial charge < -0.3 is 5.11 Å². The minimum absolute atomic E-state index is 0.305. The highest BCUT2D eigenvalue weighted by Crippen LogP contribution is 2.30. The van der Waals surface area contributed by atoms with Gasteiger partial charge in [-0.1, -0.05) is 33.8 Å². The Labute approximate surface area is 81.2 Å². The van der Waals surface area contributed by atoms with Gasteiger partial charge in [0.15, 0.2) is 0 Å². The Morgan fingerprint density at radius 3 is 2.54 bits per heavy atom. The maximum atomic E-state index is 9.47. The maximum absolute atomic E-state index is 9.47. The van der Waals surface area contributed by atoms with Crippen molar-refractivity contribution in [2.75, 3.05) is 0 Å². The highest BCUT2D eigenvalue weighted by atomic mass is 16.3. The van der Waals surface area contributed by atoms with Crippen LogP contribution in [0.5, 0.6) is 0 Å². The summed E-state index contributed by atoms with van der Waals surface area (Å²) in [5.74, 6) is 1.02. The van der Waals surface area contributed by atoms with Gasteiger partial charge in [0.1, 0.15) is 0 Å². The van der Waals surface area contributed by atoms with Crippen molar-refractivity contribution in [3.05, 3.63) is 23.5 Å². The Kier molecular flexibility index (Phi) is 2.84. The minimum Gasteiger partial charge on any atom is -0.512 e. The van der Waals surface area contributed by atoms with Crippen LogP contribution < -0.4 is 0 Å². The van der Waals surface area contributed by atoms with Crippen LogP contribution in [0.3, 0.4) is 0 Å². The molecule has 0 saturated carbocycles. The molecule has 1 aliphatic rings. The molecule has 0 spiro atoms. The van der Waals surface area contributed by atoms with E-state index in [2.05, 4.69) is 33.8 Å². The third kappa shape index (κ3) is 3.67. The van der Waals surface area contributed by atoms with Gasteiger partial charge in [0, 0.05) is 6.42 Å². The molecule has 0 radical (unpaired) electrons. The molecule has 1 heteroatoms. The summed E-state index contributed by atoms with van der Waals surface area (Å²) in [6, 6.07) is 0. The first-order chi connectivity index (χ1) is 5.87. The summed E-state index contributed by atoms with van der Waals surface area (Å²) in [7, 11) is 0. The summed E-state index contributed by atoms with van der Waals surface area (Å²) in [6.45, 7) is 8.81. The van der Waals surface area contributed by atoms with Gasteiger partial charge in [0.05, 0.1) is 5.76 Å². The predicted octanol–water partition coefficient (Wildman–Crippen LogP) is 3.83. The quantitative estimate of drug-likeness (QED) is 0.650. The highest BCUT2D eigenvalue weighted by molar-refractivity contribution is 5.26. The van der Waals surface area contributed by atoms with E-state index in [-0.39, 0.29) is 0 Å². The van der Waals surface area contributed by atoms with Crippen molar-refractivity contribution in [1.29, 1.82) is 0 Å². The van der Waals surface area contributed by atoms with Crippen LogP contribution in [-0.2, 0) is 0 Å². The van der Waals surface area contributed by atoms with Crippen molar-refractivity contribution in [1.82, 2.24) is 0 Å². The first-order valence-corrected chi connectivity index (χ1v) is 4.97. The Bertz CT molecular complexity index is 240. The molecular formula is C12H20O. The predicted molar refractivity (Wildman–Crippen MR) is 56.6 cm³/mol. The van der Waals surface area contributed by atoms with Crippen molar-refractivity contribution in [3.8, 4) is 0 Å². The van der Waals surface area contributed by atoms with Gasteiger partial charge >= 0.3 is 0 Å². The van der Waals surface area contributed by atoms with E-state index in [0.29, 0.717) is 17.1 Å². The number of rotatable bonds is 1. The molecule has 1 atom stereocenters. The number of hydrogen-bond donors (Lipinski definition) is 1. The fraction of sp³-hybridized carbons (Fsp3) is 0.667. The Balaban J connectivity index is 2.70. The van der Waals surface area contributed by atoms with Crippen LogP contribution in [-0.4, -0.2) is 5.11 Å². The molecule has 0 saturated heterocycles. The van der Waals surface area contributed by atoms with Crippen LogP contribution >= 0.6 is 0 Å². The van der Waals surface area contributed by atoms with Gasteiger partial charge in [-0.05, 0) is 29.4 Å². The SMILES string of the molecule is CC1C=C(CC(C)(C)C)C=C(O)C1. The zero-order valence-corrected chi connectivity index (χ0v) is 9.09. The second kappa shape index (κ2) is 3.57. The molecule has 13 heavy (non-hydrogen) atoms. The average molecular weight is 180 g/mol.